The maximum Gasteiger partial charge on any atom is 0.251 e. The van der Waals surface area contributed by atoms with E-state index in [2.05, 4.69) is 50.8 Å². The van der Waals surface area contributed by atoms with Crippen molar-refractivity contribution in [2.45, 2.75) is 52.5 Å². The second kappa shape index (κ2) is 7.23. The zero-order chi connectivity index (χ0) is 19.1. The molecular formula is C23H31N3O. The van der Waals surface area contributed by atoms with Crippen molar-refractivity contribution >= 4 is 0 Å². The summed E-state index contributed by atoms with van der Waals surface area (Å²) < 4.78 is 2.03. The van der Waals surface area contributed by atoms with E-state index in [0.717, 1.165) is 43.1 Å². The van der Waals surface area contributed by atoms with E-state index in [-0.39, 0.29) is 5.56 Å². The number of nitrogens with zero attached hydrogens (tertiary/aromatic N) is 3. The van der Waals surface area contributed by atoms with Crippen LogP contribution in [0.15, 0.2) is 35.1 Å². The minimum Gasteiger partial charge on any atom is -0.312 e. The number of piperidine rings is 1. The Labute approximate surface area is 162 Å². The van der Waals surface area contributed by atoms with Gasteiger partial charge in [-0.05, 0) is 42.4 Å². The van der Waals surface area contributed by atoms with Crippen LogP contribution in [0.1, 0.15) is 57.3 Å². The average Bonchev–Trinajstić information content (AvgIpc) is 2.62. The van der Waals surface area contributed by atoms with Gasteiger partial charge < -0.3 is 9.47 Å². The summed E-state index contributed by atoms with van der Waals surface area (Å²) in [6, 6.07) is 10.1. The molecule has 27 heavy (non-hydrogen) atoms. The van der Waals surface area contributed by atoms with Gasteiger partial charge in [-0.15, -0.1) is 0 Å². The van der Waals surface area contributed by atoms with Crippen molar-refractivity contribution in [1.82, 2.24) is 14.5 Å². The van der Waals surface area contributed by atoms with E-state index in [1.54, 1.807) is 6.07 Å². The van der Waals surface area contributed by atoms with E-state index in [0.29, 0.717) is 23.7 Å². The molecule has 2 aromatic rings. The zero-order valence-corrected chi connectivity index (χ0v) is 17.0. The van der Waals surface area contributed by atoms with E-state index in [4.69, 9.17) is 4.98 Å². The molecule has 0 saturated carbocycles. The molecule has 2 aliphatic heterocycles. The molecule has 0 radical (unpaired) electrons. The number of aromatic nitrogens is 2. The Morgan fingerprint density at radius 3 is 2.67 bits per heavy atom. The quantitative estimate of drug-likeness (QED) is 0.818. The van der Waals surface area contributed by atoms with Crippen LogP contribution in [0.25, 0.3) is 11.3 Å². The minimum atomic E-state index is 0.131. The van der Waals surface area contributed by atoms with Gasteiger partial charge in [0.05, 0.1) is 5.69 Å². The van der Waals surface area contributed by atoms with Crippen LogP contribution in [0.4, 0.5) is 0 Å². The number of pyridine rings is 2. The standard InChI is InChI=1S/C23H31N3O/c1-15(2)11-25-12-17-8-19(14-25)22-9-18(10-23(27)26(22)13-17)21-7-5-6-20(24-21)16(3)4/h5-7,9-10,15-17,19H,8,11-14H2,1-4H3/t17-,19+/m0/s1. The molecule has 0 aromatic carbocycles. The van der Waals surface area contributed by atoms with Gasteiger partial charge in [0.25, 0.3) is 5.56 Å². The van der Waals surface area contributed by atoms with Crippen LogP contribution in [-0.4, -0.2) is 34.1 Å². The third kappa shape index (κ3) is 3.73. The Hall–Kier alpha value is -1.94. The molecule has 2 atom stereocenters. The highest BCUT2D eigenvalue weighted by molar-refractivity contribution is 5.59. The first-order valence-electron chi connectivity index (χ1n) is 10.3. The first-order valence-corrected chi connectivity index (χ1v) is 10.3. The lowest BCUT2D eigenvalue weighted by atomic mass is 9.82. The molecule has 1 fully saturated rings. The van der Waals surface area contributed by atoms with E-state index < -0.39 is 0 Å². The highest BCUT2D eigenvalue weighted by Gasteiger charge is 2.35. The molecule has 0 spiro atoms. The number of hydrogen-bond donors (Lipinski definition) is 0. The fourth-order valence-electron chi connectivity index (χ4n) is 4.81. The van der Waals surface area contributed by atoms with Gasteiger partial charge in [-0.3, -0.25) is 9.78 Å². The molecule has 0 aliphatic carbocycles. The van der Waals surface area contributed by atoms with Gasteiger partial charge in [0.15, 0.2) is 0 Å². The molecular weight excluding hydrogens is 334 g/mol. The van der Waals surface area contributed by atoms with Crippen molar-refractivity contribution in [3.05, 3.63) is 52.1 Å². The van der Waals surface area contributed by atoms with Crippen molar-refractivity contribution in [3.8, 4) is 11.3 Å². The molecule has 144 valence electrons. The molecule has 4 heteroatoms. The van der Waals surface area contributed by atoms with Gasteiger partial charge >= 0.3 is 0 Å². The van der Waals surface area contributed by atoms with Crippen molar-refractivity contribution in [1.29, 1.82) is 0 Å². The summed E-state index contributed by atoms with van der Waals surface area (Å²) in [5.74, 6) is 2.12. The number of likely N-dealkylation sites (tertiary alicyclic amines) is 1. The maximum atomic E-state index is 12.9. The summed E-state index contributed by atoms with van der Waals surface area (Å²) in [7, 11) is 0. The van der Waals surface area contributed by atoms with Gasteiger partial charge in [-0.1, -0.05) is 33.8 Å². The van der Waals surface area contributed by atoms with Gasteiger partial charge in [0, 0.05) is 55.1 Å². The third-order valence-electron chi connectivity index (χ3n) is 5.91. The summed E-state index contributed by atoms with van der Waals surface area (Å²) in [5.41, 5.74) is 4.29. The van der Waals surface area contributed by atoms with Crippen molar-refractivity contribution in [2.75, 3.05) is 19.6 Å². The van der Waals surface area contributed by atoms with E-state index in [1.807, 2.05) is 10.6 Å². The van der Waals surface area contributed by atoms with Gasteiger partial charge in [-0.25, -0.2) is 0 Å². The van der Waals surface area contributed by atoms with Gasteiger partial charge in [0.2, 0.25) is 0 Å². The monoisotopic (exact) mass is 365 g/mol. The van der Waals surface area contributed by atoms with Crippen molar-refractivity contribution < 1.29 is 0 Å². The number of hydrogen-bond acceptors (Lipinski definition) is 3. The van der Waals surface area contributed by atoms with Crippen LogP contribution in [0.2, 0.25) is 0 Å². The Bertz CT molecular complexity index is 883. The predicted molar refractivity (Wildman–Crippen MR) is 110 cm³/mol. The zero-order valence-electron chi connectivity index (χ0n) is 17.0. The van der Waals surface area contributed by atoms with E-state index in [9.17, 15) is 4.79 Å². The smallest absolute Gasteiger partial charge is 0.251 e. The Morgan fingerprint density at radius 2 is 1.93 bits per heavy atom. The molecule has 2 aromatic heterocycles. The lowest BCUT2D eigenvalue weighted by molar-refractivity contribution is 0.109. The van der Waals surface area contributed by atoms with Crippen molar-refractivity contribution in [2.24, 2.45) is 11.8 Å². The van der Waals surface area contributed by atoms with Gasteiger partial charge in [0.1, 0.15) is 0 Å². The van der Waals surface area contributed by atoms with Crippen LogP contribution in [0.3, 0.4) is 0 Å². The first-order chi connectivity index (χ1) is 12.9. The number of fused-ring (bicyclic) bond motifs is 4. The fourth-order valence-corrected chi connectivity index (χ4v) is 4.81. The third-order valence-corrected chi connectivity index (χ3v) is 5.91. The van der Waals surface area contributed by atoms with E-state index in [1.165, 1.54) is 12.1 Å². The summed E-state index contributed by atoms with van der Waals surface area (Å²) >= 11 is 0. The first kappa shape index (κ1) is 18.4. The molecule has 2 bridgehead atoms. The highest BCUT2D eigenvalue weighted by atomic mass is 16.1. The van der Waals surface area contributed by atoms with Crippen LogP contribution in [0.5, 0.6) is 0 Å². The summed E-state index contributed by atoms with van der Waals surface area (Å²) in [6.07, 6.45) is 1.21. The lowest BCUT2D eigenvalue weighted by Gasteiger charge is -2.43. The topological polar surface area (TPSA) is 38.1 Å². The lowest BCUT2D eigenvalue weighted by Crippen LogP contribution is -2.48. The fraction of sp³-hybridized carbons (Fsp3) is 0.565. The molecule has 0 amide bonds. The maximum absolute atomic E-state index is 12.9. The Balaban J connectivity index is 1.71. The van der Waals surface area contributed by atoms with E-state index >= 15 is 0 Å². The average molecular weight is 366 g/mol. The van der Waals surface area contributed by atoms with Gasteiger partial charge in [-0.2, -0.15) is 0 Å². The molecule has 2 aliphatic rings. The second-order valence-corrected chi connectivity index (χ2v) is 9.13. The van der Waals surface area contributed by atoms with Crippen LogP contribution in [-0.2, 0) is 6.54 Å². The van der Waals surface area contributed by atoms with Crippen molar-refractivity contribution in [3.63, 3.8) is 0 Å². The molecule has 4 rings (SSSR count). The van der Waals surface area contributed by atoms with Crippen LogP contribution < -0.4 is 5.56 Å². The molecule has 0 N–H and O–H groups in total. The summed E-state index contributed by atoms with van der Waals surface area (Å²) in [4.78, 5) is 20.3. The molecule has 4 nitrogen and oxygen atoms in total. The summed E-state index contributed by atoms with van der Waals surface area (Å²) in [5, 5.41) is 0. The van der Waals surface area contributed by atoms with Crippen LogP contribution in [0, 0.1) is 11.8 Å². The Morgan fingerprint density at radius 1 is 1.11 bits per heavy atom. The largest absolute Gasteiger partial charge is 0.312 e. The predicted octanol–water partition coefficient (Wildman–Crippen LogP) is 4.11. The number of rotatable bonds is 4. The second-order valence-electron chi connectivity index (χ2n) is 9.13. The normalized spacial score (nSPS) is 22.3. The molecule has 0 unspecified atom stereocenters. The minimum absolute atomic E-state index is 0.131. The molecule has 4 heterocycles. The summed E-state index contributed by atoms with van der Waals surface area (Å²) in [6.45, 7) is 13.1. The highest BCUT2D eigenvalue weighted by Crippen LogP contribution is 2.36. The molecule has 1 saturated heterocycles. The Kier molecular flexibility index (Phi) is 4.94. The SMILES string of the molecule is CC(C)CN1C[C@@H]2C[C@H](C1)c1cc(-c3cccc(C(C)C)n3)cc(=O)n1C2. The van der Waals surface area contributed by atoms with Crippen LogP contribution >= 0.6 is 0 Å².